The predicted octanol–water partition coefficient (Wildman–Crippen LogP) is 0.771. The summed E-state index contributed by atoms with van der Waals surface area (Å²) in [5.74, 6) is 0. The van der Waals surface area contributed by atoms with Crippen LogP contribution in [-0.2, 0) is 13.0 Å². The molecule has 2 unspecified atom stereocenters. The molecular formula is C16H23N3O2. The second kappa shape index (κ2) is 5.66. The van der Waals surface area contributed by atoms with Crippen molar-refractivity contribution in [2.45, 2.75) is 25.1 Å². The van der Waals surface area contributed by atoms with Crippen LogP contribution in [0.1, 0.15) is 11.1 Å². The van der Waals surface area contributed by atoms with Crippen molar-refractivity contribution in [3.8, 4) is 0 Å². The molecule has 5 nitrogen and oxygen atoms in total. The van der Waals surface area contributed by atoms with Gasteiger partial charge in [0.05, 0.1) is 12.1 Å². The highest BCUT2D eigenvalue weighted by Gasteiger charge is 2.38. The second-order valence-electron chi connectivity index (χ2n) is 6.21. The van der Waals surface area contributed by atoms with Gasteiger partial charge in [0.25, 0.3) is 0 Å². The van der Waals surface area contributed by atoms with Crippen molar-refractivity contribution < 1.29 is 9.90 Å². The largest absolute Gasteiger partial charge is 0.390 e. The average molecular weight is 289 g/mol. The molecule has 1 fully saturated rings. The van der Waals surface area contributed by atoms with Gasteiger partial charge in [0, 0.05) is 40.3 Å². The minimum atomic E-state index is -0.459. The van der Waals surface area contributed by atoms with Crippen molar-refractivity contribution >= 4 is 6.03 Å². The van der Waals surface area contributed by atoms with Crippen LogP contribution in [0, 0.1) is 0 Å². The van der Waals surface area contributed by atoms with Crippen LogP contribution in [-0.4, -0.2) is 71.7 Å². The number of hydrogen-bond acceptors (Lipinski definition) is 3. The van der Waals surface area contributed by atoms with Crippen LogP contribution in [0.5, 0.6) is 0 Å². The Labute approximate surface area is 125 Å². The van der Waals surface area contributed by atoms with Gasteiger partial charge in [-0.1, -0.05) is 24.3 Å². The Morgan fingerprint density at radius 2 is 1.95 bits per heavy atom. The summed E-state index contributed by atoms with van der Waals surface area (Å²) in [6.07, 6.45) is 0.556. The lowest BCUT2D eigenvalue weighted by Gasteiger charge is -2.34. The first-order chi connectivity index (χ1) is 10.1. The van der Waals surface area contributed by atoms with Crippen molar-refractivity contribution in [3.63, 3.8) is 0 Å². The highest BCUT2D eigenvalue weighted by atomic mass is 16.3. The number of benzene rings is 1. The van der Waals surface area contributed by atoms with Crippen molar-refractivity contribution in [3.05, 3.63) is 35.4 Å². The lowest BCUT2D eigenvalue weighted by atomic mass is 9.98. The summed E-state index contributed by atoms with van der Waals surface area (Å²) in [7, 11) is 3.50. The van der Waals surface area contributed by atoms with Gasteiger partial charge in [-0.15, -0.1) is 0 Å². The molecule has 2 amide bonds. The van der Waals surface area contributed by atoms with E-state index in [0.717, 1.165) is 19.5 Å². The quantitative estimate of drug-likeness (QED) is 0.831. The number of likely N-dealkylation sites (tertiary alicyclic amines) is 1. The molecule has 0 bridgehead atoms. The monoisotopic (exact) mass is 289 g/mol. The second-order valence-corrected chi connectivity index (χ2v) is 6.21. The zero-order valence-electron chi connectivity index (χ0n) is 12.7. The number of β-amino-alcohol motifs (C(OH)–C–C–N with tert-alkyl or cyclic N) is 1. The Bertz CT molecular complexity index is 532. The summed E-state index contributed by atoms with van der Waals surface area (Å²) in [6, 6.07) is 8.51. The minimum Gasteiger partial charge on any atom is -0.390 e. The first-order valence-corrected chi connectivity index (χ1v) is 7.51. The molecule has 1 saturated heterocycles. The summed E-state index contributed by atoms with van der Waals surface area (Å²) in [5, 5.41) is 10.3. The normalized spacial score (nSPS) is 25.8. The number of carbonyl (C=O) groups is 1. The highest BCUT2D eigenvalue weighted by molar-refractivity contribution is 5.74. The molecule has 21 heavy (non-hydrogen) atoms. The van der Waals surface area contributed by atoms with E-state index in [1.165, 1.54) is 11.1 Å². The lowest BCUT2D eigenvalue weighted by molar-refractivity contribution is 0.0746. The maximum Gasteiger partial charge on any atom is 0.319 e. The Balaban J connectivity index is 1.70. The maximum absolute atomic E-state index is 12.0. The van der Waals surface area contributed by atoms with Crippen LogP contribution in [0.15, 0.2) is 24.3 Å². The molecule has 0 aromatic heterocycles. The molecule has 2 aliphatic heterocycles. The molecule has 2 atom stereocenters. The molecule has 2 heterocycles. The van der Waals surface area contributed by atoms with E-state index in [9.17, 15) is 9.90 Å². The zero-order valence-corrected chi connectivity index (χ0v) is 12.7. The van der Waals surface area contributed by atoms with Gasteiger partial charge in [-0.3, -0.25) is 4.90 Å². The zero-order chi connectivity index (χ0) is 15.0. The van der Waals surface area contributed by atoms with E-state index in [0.29, 0.717) is 13.1 Å². The number of amides is 2. The molecular weight excluding hydrogens is 266 g/mol. The number of fused-ring (bicyclic) bond motifs is 1. The van der Waals surface area contributed by atoms with Gasteiger partial charge in [-0.2, -0.15) is 0 Å². The molecule has 1 aromatic rings. The van der Waals surface area contributed by atoms with Crippen LogP contribution in [0.2, 0.25) is 0 Å². The number of urea groups is 1. The number of aliphatic hydroxyl groups excluding tert-OH is 1. The topological polar surface area (TPSA) is 47.0 Å². The molecule has 0 aliphatic carbocycles. The fourth-order valence-electron chi connectivity index (χ4n) is 3.37. The third-order valence-electron chi connectivity index (χ3n) is 4.54. The van der Waals surface area contributed by atoms with Crippen molar-refractivity contribution in [2.75, 3.05) is 33.7 Å². The summed E-state index contributed by atoms with van der Waals surface area (Å²) < 4.78 is 0. The molecule has 0 saturated carbocycles. The SMILES string of the molecule is CN(C)C(=O)N1CC(O)C(N2CCc3ccccc3C2)C1. The summed E-state index contributed by atoms with van der Waals surface area (Å²) in [4.78, 5) is 17.7. The van der Waals surface area contributed by atoms with Gasteiger partial charge in [0.2, 0.25) is 0 Å². The molecule has 2 aliphatic rings. The third kappa shape index (κ3) is 2.76. The Kier molecular flexibility index (Phi) is 3.87. The van der Waals surface area contributed by atoms with E-state index < -0.39 is 6.10 Å². The standard InChI is InChI=1S/C16H23N3O2/c1-17(2)16(21)19-10-14(15(20)11-19)18-8-7-12-5-3-4-6-13(12)9-18/h3-6,14-15,20H,7-11H2,1-2H3. The fourth-order valence-corrected chi connectivity index (χ4v) is 3.37. The van der Waals surface area contributed by atoms with Crippen LogP contribution in [0.25, 0.3) is 0 Å². The van der Waals surface area contributed by atoms with E-state index in [4.69, 9.17) is 0 Å². The van der Waals surface area contributed by atoms with E-state index >= 15 is 0 Å². The van der Waals surface area contributed by atoms with Gasteiger partial charge >= 0.3 is 6.03 Å². The Hall–Kier alpha value is -1.59. The molecule has 3 rings (SSSR count). The number of hydrogen-bond donors (Lipinski definition) is 1. The van der Waals surface area contributed by atoms with E-state index in [1.54, 1.807) is 23.9 Å². The molecule has 5 heteroatoms. The Morgan fingerprint density at radius 1 is 1.24 bits per heavy atom. The first kappa shape index (κ1) is 14.4. The maximum atomic E-state index is 12.0. The van der Waals surface area contributed by atoms with Crippen LogP contribution >= 0.6 is 0 Å². The molecule has 114 valence electrons. The molecule has 1 N–H and O–H groups in total. The number of aliphatic hydroxyl groups is 1. The molecule has 0 radical (unpaired) electrons. The minimum absolute atomic E-state index is 0.0195. The summed E-state index contributed by atoms with van der Waals surface area (Å²) in [5.41, 5.74) is 2.75. The third-order valence-corrected chi connectivity index (χ3v) is 4.54. The lowest BCUT2D eigenvalue weighted by Crippen LogP contribution is -2.46. The number of rotatable bonds is 1. The fraction of sp³-hybridized carbons (Fsp3) is 0.562. The van der Waals surface area contributed by atoms with Crippen molar-refractivity contribution in [2.24, 2.45) is 0 Å². The van der Waals surface area contributed by atoms with E-state index in [-0.39, 0.29) is 12.1 Å². The van der Waals surface area contributed by atoms with Crippen LogP contribution in [0.3, 0.4) is 0 Å². The van der Waals surface area contributed by atoms with Crippen LogP contribution < -0.4 is 0 Å². The molecule has 0 spiro atoms. The van der Waals surface area contributed by atoms with Gasteiger partial charge in [0.1, 0.15) is 0 Å². The van der Waals surface area contributed by atoms with Crippen molar-refractivity contribution in [1.82, 2.24) is 14.7 Å². The van der Waals surface area contributed by atoms with Crippen molar-refractivity contribution in [1.29, 1.82) is 0 Å². The highest BCUT2D eigenvalue weighted by Crippen LogP contribution is 2.25. The first-order valence-electron chi connectivity index (χ1n) is 7.51. The predicted molar refractivity (Wildman–Crippen MR) is 81.0 cm³/mol. The smallest absolute Gasteiger partial charge is 0.319 e. The van der Waals surface area contributed by atoms with E-state index in [2.05, 4.69) is 29.2 Å². The van der Waals surface area contributed by atoms with Gasteiger partial charge in [-0.05, 0) is 17.5 Å². The van der Waals surface area contributed by atoms with Gasteiger partial charge < -0.3 is 14.9 Å². The summed E-state index contributed by atoms with van der Waals surface area (Å²) >= 11 is 0. The summed E-state index contributed by atoms with van der Waals surface area (Å²) in [6.45, 7) is 2.85. The van der Waals surface area contributed by atoms with Crippen LogP contribution in [0.4, 0.5) is 4.79 Å². The average Bonchev–Trinajstić information content (AvgIpc) is 2.87. The van der Waals surface area contributed by atoms with Gasteiger partial charge in [0.15, 0.2) is 0 Å². The number of carbonyl (C=O) groups excluding carboxylic acids is 1. The number of nitrogens with zero attached hydrogens (tertiary/aromatic N) is 3. The van der Waals surface area contributed by atoms with Gasteiger partial charge in [-0.25, -0.2) is 4.79 Å². The van der Waals surface area contributed by atoms with E-state index in [1.807, 2.05) is 0 Å². The molecule has 1 aromatic carbocycles. The Morgan fingerprint density at radius 3 is 2.67 bits per heavy atom.